The standard InChI is InChI=1S/C14H23N3OS/c1-2-9-3-5-10(6-4-9)13-16-14(18-17-13)11-7-19-8-12(11)15/h9-12H,2-8,15H2,1H3. The normalized spacial score (nSPS) is 35.7. The molecule has 2 atom stereocenters. The molecule has 0 radical (unpaired) electrons. The average molecular weight is 281 g/mol. The fourth-order valence-corrected chi connectivity index (χ4v) is 4.50. The van der Waals surface area contributed by atoms with Crippen LogP contribution in [0.1, 0.15) is 62.6 Å². The molecule has 0 spiro atoms. The molecule has 1 saturated heterocycles. The first-order chi connectivity index (χ1) is 9.28. The summed E-state index contributed by atoms with van der Waals surface area (Å²) in [6.07, 6.45) is 6.35. The van der Waals surface area contributed by atoms with Crippen LogP contribution in [0.15, 0.2) is 4.52 Å². The monoisotopic (exact) mass is 281 g/mol. The molecule has 3 rings (SSSR count). The molecule has 1 aliphatic carbocycles. The van der Waals surface area contributed by atoms with Gasteiger partial charge in [-0.3, -0.25) is 0 Å². The second-order valence-electron chi connectivity index (χ2n) is 5.92. The Morgan fingerprint density at radius 2 is 2.05 bits per heavy atom. The summed E-state index contributed by atoms with van der Waals surface area (Å²) in [5.41, 5.74) is 6.09. The van der Waals surface area contributed by atoms with Crippen LogP contribution in [0.25, 0.3) is 0 Å². The van der Waals surface area contributed by atoms with Crippen molar-refractivity contribution in [3.8, 4) is 0 Å². The number of rotatable bonds is 3. The maximum atomic E-state index is 6.09. The molecular weight excluding hydrogens is 258 g/mol. The van der Waals surface area contributed by atoms with Gasteiger partial charge in [0.15, 0.2) is 5.82 Å². The molecule has 4 nitrogen and oxygen atoms in total. The van der Waals surface area contributed by atoms with Gasteiger partial charge in [-0.1, -0.05) is 18.5 Å². The van der Waals surface area contributed by atoms with Crippen LogP contribution in [-0.2, 0) is 0 Å². The minimum absolute atomic E-state index is 0.175. The van der Waals surface area contributed by atoms with Crippen molar-refractivity contribution in [3.63, 3.8) is 0 Å². The van der Waals surface area contributed by atoms with E-state index in [1.807, 2.05) is 11.8 Å². The predicted molar refractivity (Wildman–Crippen MR) is 77.3 cm³/mol. The third kappa shape index (κ3) is 2.82. The molecule has 1 saturated carbocycles. The fraction of sp³-hybridized carbons (Fsp3) is 0.857. The van der Waals surface area contributed by atoms with Crippen molar-refractivity contribution in [1.82, 2.24) is 10.1 Å². The number of hydrogen-bond acceptors (Lipinski definition) is 5. The Morgan fingerprint density at radius 3 is 2.68 bits per heavy atom. The molecule has 2 unspecified atom stereocenters. The van der Waals surface area contributed by atoms with Gasteiger partial charge in [-0.05, 0) is 31.6 Å². The first kappa shape index (κ1) is 13.4. The lowest BCUT2D eigenvalue weighted by atomic mass is 9.80. The van der Waals surface area contributed by atoms with Gasteiger partial charge in [-0.25, -0.2) is 0 Å². The second kappa shape index (κ2) is 5.83. The van der Waals surface area contributed by atoms with Gasteiger partial charge in [0, 0.05) is 23.5 Å². The van der Waals surface area contributed by atoms with Gasteiger partial charge in [0.1, 0.15) is 0 Å². The van der Waals surface area contributed by atoms with Crippen molar-refractivity contribution in [2.45, 2.75) is 56.9 Å². The molecule has 19 heavy (non-hydrogen) atoms. The van der Waals surface area contributed by atoms with Gasteiger partial charge >= 0.3 is 0 Å². The van der Waals surface area contributed by atoms with E-state index in [1.165, 1.54) is 32.1 Å². The summed E-state index contributed by atoms with van der Waals surface area (Å²) >= 11 is 1.88. The topological polar surface area (TPSA) is 64.9 Å². The van der Waals surface area contributed by atoms with E-state index in [4.69, 9.17) is 10.3 Å². The summed E-state index contributed by atoms with van der Waals surface area (Å²) < 4.78 is 5.47. The Bertz CT molecular complexity index is 415. The highest BCUT2D eigenvalue weighted by molar-refractivity contribution is 7.99. The molecule has 1 aliphatic heterocycles. The summed E-state index contributed by atoms with van der Waals surface area (Å²) in [5.74, 6) is 5.39. The summed E-state index contributed by atoms with van der Waals surface area (Å²) in [5, 5.41) is 4.22. The highest BCUT2D eigenvalue weighted by atomic mass is 32.2. The molecule has 0 bridgehead atoms. The summed E-state index contributed by atoms with van der Waals surface area (Å²) in [6.45, 7) is 2.29. The van der Waals surface area contributed by atoms with Crippen molar-refractivity contribution < 1.29 is 4.52 Å². The Morgan fingerprint density at radius 1 is 1.26 bits per heavy atom. The molecule has 2 heterocycles. The number of thioether (sulfide) groups is 1. The molecule has 5 heteroatoms. The number of nitrogens with zero attached hydrogens (tertiary/aromatic N) is 2. The van der Waals surface area contributed by atoms with E-state index in [-0.39, 0.29) is 12.0 Å². The van der Waals surface area contributed by atoms with Crippen molar-refractivity contribution in [2.24, 2.45) is 11.7 Å². The minimum atomic E-state index is 0.175. The molecule has 106 valence electrons. The maximum absolute atomic E-state index is 6.09. The van der Waals surface area contributed by atoms with Gasteiger partial charge < -0.3 is 10.3 Å². The first-order valence-electron chi connectivity index (χ1n) is 7.44. The van der Waals surface area contributed by atoms with Gasteiger partial charge in [-0.15, -0.1) is 0 Å². The Hall–Kier alpha value is -0.550. The zero-order valence-electron chi connectivity index (χ0n) is 11.5. The molecule has 0 aromatic carbocycles. The van der Waals surface area contributed by atoms with Gasteiger partial charge in [-0.2, -0.15) is 16.7 Å². The second-order valence-corrected chi connectivity index (χ2v) is 7.00. The van der Waals surface area contributed by atoms with Gasteiger partial charge in [0.25, 0.3) is 0 Å². The molecule has 1 aromatic heterocycles. The predicted octanol–water partition coefficient (Wildman–Crippen LogP) is 2.91. The smallest absolute Gasteiger partial charge is 0.232 e. The van der Waals surface area contributed by atoms with Crippen LogP contribution in [0.2, 0.25) is 0 Å². The van der Waals surface area contributed by atoms with Crippen molar-refractivity contribution in [1.29, 1.82) is 0 Å². The van der Waals surface area contributed by atoms with Gasteiger partial charge in [0.2, 0.25) is 5.89 Å². The van der Waals surface area contributed by atoms with Crippen LogP contribution in [-0.4, -0.2) is 27.7 Å². The molecule has 0 amide bonds. The van der Waals surface area contributed by atoms with Crippen molar-refractivity contribution in [3.05, 3.63) is 11.7 Å². The van der Waals surface area contributed by atoms with Gasteiger partial charge in [0.05, 0.1) is 5.92 Å². The van der Waals surface area contributed by atoms with Crippen LogP contribution in [0.4, 0.5) is 0 Å². The molecule has 2 fully saturated rings. The molecule has 1 aromatic rings. The van der Waals surface area contributed by atoms with Crippen LogP contribution in [0.3, 0.4) is 0 Å². The van der Waals surface area contributed by atoms with E-state index in [0.29, 0.717) is 5.92 Å². The molecule has 2 N–H and O–H groups in total. The highest BCUT2D eigenvalue weighted by Gasteiger charge is 2.32. The molecular formula is C14H23N3OS. The van der Waals surface area contributed by atoms with Crippen LogP contribution in [0.5, 0.6) is 0 Å². The summed E-state index contributed by atoms with van der Waals surface area (Å²) in [6, 6.07) is 0.175. The lowest BCUT2D eigenvalue weighted by Gasteiger charge is -2.25. The van der Waals surface area contributed by atoms with E-state index in [2.05, 4.69) is 17.1 Å². The summed E-state index contributed by atoms with van der Waals surface area (Å²) in [7, 11) is 0. The van der Waals surface area contributed by atoms with Crippen LogP contribution in [0, 0.1) is 5.92 Å². The summed E-state index contributed by atoms with van der Waals surface area (Å²) in [4.78, 5) is 4.65. The number of aromatic nitrogens is 2. The van der Waals surface area contributed by atoms with E-state index >= 15 is 0 Å². The zero-order valence-corrected chi connectivity index (χ0v) is 12.4. The van der Waals surface area contributed by atoms with Crippen LogP contribution >= 0.6 is 11.8 Å². The quantitative estimate of drug-likeness (QED) is 0.923. The van der Waals surface area contributed by atoms with E-state index in [0.717, 1.165) is 29.1 Å². The first-order valence-corrected chi connectivity index (χ1v) is 8.60. The van der Waals surface area contributed by atoms with E-state index in [9.17, 15) is 0 Å². The van der Waals surface area contributed by atoms with E-state index < -0.39 is 0 Å². The average Bonchev–Trinajstić information content (AvgIpc) is 3.07. The Balaban J connectivity index is 1.65. The Kier molecular flexibility index (Phi) is 4.12. The minimum Gasteiger partial charge on any atom is -0.339 e. The van der Waals surface area contributed by atoms with Crippen molar-refractivity contribution >= 4 is 11.8 Å². The van der Waals surface area contributed by atoms with Crippen molar-refractivity contribution in [2.75, 3.05) is 11.5 Å². The third-order valence-electron chi connectivity index (χ3n) is 4.69. The Labute approximate surface area is 118 Å². The van der Waals surface area contributed by atoms with Crippen LogP contribution < -0.4 is 5.73 Å². The van der Waals surface area contributed by atoms with E-state index in [1.54, 1.807) is 0 Å². The highest BCUT2D eigenvalue weighted by Crippen LogP contribution is 2.37. The molecule has 2 aliphatic rings. The zero-order chi connectivity index (χ0) is 13.2. The third-order valence-corrected chi connectivity index (χ3v) is 5.90. The lowest BCUT2D eigenvalue weighted by Crippen LogP contribution is -2.26. The lowest BCUT2D eigenvalue weighted by molar-refractivity contribution is 0.301. The number of nitrogens with two attached hydrogens (primary N) is 1. The fourth-order valence-electron chi connectivity index (χ4n) is 3.22. The SMILES string of the molecule is CCC1CCC(c2noc(C3CSCC3N)n2)CC1. The number of hydrogen-bond donors (Lipinski definition) is 1. The maximum Gasteiger partial charge on any atom is 0.232 e. The largest absolute Gasteiger partial charge is 0.339 e.